The first-order valence-electron chi connectivity index (χ1n) is 11.9. The quantitative estimate of drug-likeness (QED) is 0.286. The Morgan fingerprint density at radius 3 is 1.63 bits per heavy atom. The Morgan fingerprint density at radius 2 is 1.15 bits per heavy atom. The number of aryl methyl sites for hydroxylation is 2. The zero-order valence-corrected chi connectivity index (χ0v) is 18.8. The highest BCUT2D eigenvalue weighted by Crippen LogP contribution is 2.33. The Bertz CT molecular complexity index is 491. The minimum absolute atomic E-state index is 0.459. The third-order valence-electron chi connectivity index (χ3n) is 6.00. The molecule has 1 heteroatoms. The molecule has 0 spiro atoms. The smallest absolute Gasteiger partial charge is 0.121 e. The summed E-state index contributed by atoms with van der Waals surface area (Å²) in [4.78, 5) is 0. The SMILES string of the molecule is CCCCCCCCCCCCCCCC[C@@H](C)c1cc(C)cc(C)c1O. The molecule has 0 aromatic heterocycles. The van der Waals surface area contributed by atoms with Crippen molar-refractivity contribution in [3.8, 4) is 5.75 Å². The maximum atomic E-state index is 10.3. The predicted octanol–water partition coefficient (Wildman–Crippen LogP) is 8.98. The van der Waals surface area contributed by atoms with Crippen LogP contribution in [-0.4, -0.2) is 5.11 Å². The second-order valence-electron chi connectivity index (χ2n) is 8.81. The number of rotatable bonds is 16. The highest BCUT2D eigenvalue weighted by Gasteiger charge is 2.12. The highest BCUT2D eigenvalue weighted by atomic mass is 16.3. The molecule has 1 atom stereocenters. The highest BCUT2D eigenvalue weighted by molar-refractivity contribution is 5.44. The van der Waals surface area contributed by atoms with Gasteiger partial charge < -0.3 is 5.11 Å². The van der Waals surface area contributed by atoms with Crippen LogP contribution in [0.15, 0.2) is 12.1 Å². The monoisotopic (exact) mass is 374 g/mol. The number of hydrogen-bond donors (Lipinski definition) is 1. The average Bonchev–Trinajstić information content (AvgIpc) is 2.64. The molecule has 0 saturated heterocycles. The Morgan fingerprint density at radius 1 is 0.704 bits per heavy atom. The number of phenols is 1. The molecule has 0 aliphatic heterocycles. The van der Waals surface area contributed by atoms with Gasteiger partial charge in [0.25, 0.3) is 0 Å². The van der Waals surface area contributed by atoms with Crippen LogP contribution in [0.2, 0.25) is 0 Å². The second kappa shape index (κ2) is 15.0. The Hall–Kier alpha value is -0.980. The van der Waals surface area contributed by atoms with Crippen LogP contribution in [0.3, 0.4) is 0 Å². The Labute approximate surface area is 170 Å². The standard InChI is InChI=1S/C26H46O/c1-5-6-7-8-9-10-11-12-13-14-15-16-17-18-19-23(3)25-21-22(2)20-24(4)26(25)27/h20-21,23,27H,5-19H2,1-4H3/t23-/m1/s1. The van der Waals surface area contributed by atoms with E-state index in [0.29, 0.717) is 11.7 Å². The summed E-state index contributed by atoms with van der Waals surface area (Å²) in [5.74, 6) is 0.972. The number of benzene rings is 1. The van der Waals surface area contributed by atoms with Crippen molar-refractivity contribution in [3.63, 3.8) is 0 Å². The van der Waals surface area contributed by atoms with E-state index in [-0.39, 0.29) is 0 Å². The summed E-state index contributed by atoms with van der Waals surface area (Å²) in [5.41, 5.74) is 3.41. The van der Waals surface area contributed by atoms with Gasteiger partial charge in [0.05, 0.1) is 0 Å². The van der Waals surface area contributed by atoms with E-state index < -0.39 is 0 Å². The summed E-state index contributed by atoms with van der Waals surface area (Å²) < 4.78 is 0. The Kier molecular flexibility index (Phi) is 13.4. The zero-order chi connectivity index (χ0) is 19.9. The molecule has 0 bridgehead atoms. The summed E-state index contributed by atoms with van der Waals surface area (Å²) in [6.07, 6.45) is 20.9. The van der Waals surface area contributed by atoms with Crippen molar-refractivity contribution in [1.82, 2.24) is 0 Å². The summed E-state index contributed by atoms with van der Waals surface area (Å²) in [7, 11) is 0. The van der Waals surface area contributed by atoms with Gasteiger partial charge in [0.1, 0.15) is 5.75 Å². The van der Waals surface area contributed by atoms with Crippen LogP contribution in [0, 0.1) is 13.8 Å². The largest absolute Gasteiger partial charge is 0.507 e. The van der Waals surface area contributed by atoms with Crippen LogP contribution in [0.25, 0.3) is 0 Å². The molecule has 156 valence electrons. The van der Waals surface area contributed by atoms with Gasteiger partial charge >= 0.3 is 0 Å². The molecule has 0 unspecified atom stereocenters. The van der Waals surface area contributed by atoms with Gasteiger partial charge in [-0.2, -0.15) is 0 Å². The van der Waals surface area contributed by atoms with E-state index in [0.717, 1.165) is 11.1 Å². The van der Waals surface area contributed by atoms with Gasteiger partial charge in [-0.1, -0.05) is 121 Å². The third kappa shape index (κ3) is 10.8. The van der Waals surface area contributed by atoms with Gasteiger partial charge in [0, 0.05) is 0 Å². The van der Waals surface area contributed by atoms with Gasteiger partial charge in [0.2, 0.25) is 0 Å². The molecule has 0 radical (unpaired) electrons. The van der Waals surface area contributed by atoms with Crippen molar-refractivity contribution in [3.05, 3.63) is 28.8 Å². The molecule has 0 saturated carbocycles. The molecule has 1 nitrogen and oxygen atoms in total. The van der Waals surface area contributed by atoms with Crippen molar-refractivity contribution in [1.29, 1.82) is 0 Å². The van der Waals surface area contributed by atoms with Crippen LogP contribution < -0.4 is 0 Å². The summed E-state index contributed by atoms with van der Waals surface area (Å²) in [6.45, 7) is 8.67. The fraction of sp³-hybridized carbons (Fsp3) is 0.769. The van der Waals surface area contributed by atoms with Crippen molar-refractivity contribution in [2.24, 2.45) is 0 Å². The fourth-order valence-electron chi connectivity index (χ4n) is 4.17. The number of aromatic hydroxyl groups is 1. The van der Waals surface area contributed by atoms with Gasteiger partial charge in [-0.15, -0.1) is 0 Å². The fourth-order valence-corrected chi connectivity index (χ4v) is 4.17. The van der Waals surface area contributed by atoms with Crippen molar-refractivity contribution in [2.75, 3.05) is 0 Å². The van der Waals surface area contributed by atoms with E-state index in [4.69, 9.17) is 0 Å². The predicted molar refractivity (Wildman–Crippen MR) is 121 cm³/mol. The normalized spacial score (nSPS) is 12.4. The minimum Gasteiger partial charge on any atom is -0.507 e. The first-order chi connectivity index (χ1) is 13.1. The lowest BCUT2D eigenvalue weighted by Gasteiger charge is -2.16. The average molecular weight is 375 g/mol. The molecule has 1 aromatic rings. The zero-order valence-electron chi connectivity index (χ0n) is 18.8. The minimum atomic E-state index is 0.459. The lowest BCUT2D eigenvalue weighted by molar-refractivity contribution is 0.453. The van der Waals surface area contributed by atoms with Gasteiger partial charge in [-0.05, 0) is 37.3 Å². The first kappa shape index (κ1) is 24.1. The number of phenolic OH excluding ortho intramolecular Hbond substituents is 1. The van der Waals surface area contributed by atoms with E-state index in [2.05, 4.69) is 32.9 Å². The molecule has 27 heavy (non-hydrogen) atoms. The molecule has 0 amide bonds. The van der Waals surface area contributed by atoms with E-state index in [1.165, 1.54) is 102 Å². The molecular weight excluding hydrogens is 328 g/mol. The molecule has 0 aliphatic rings. The first-order valence-corrected chi connectivity index (χ1v) is 11.9. The number of unbranched alkanes of at least 4 members (excludes halogenated alkanes) is 13. The topological polar surface area (TPSA) is 20.2 Å². The molecular formula is C26H46O. The summed E-state index contributed by atoms with van der Waals surface area (Å²) in [5, 5.41) is 10.3. The maximum Gasteiger partial charge on any atom is 0.121 e. The van der Waals surface area contributed by atoms with Crippen LogP contribution in [0.1, 0.15) is 133 Å². The molecule has 0 aliphatic carbocycles. The van der Waals surface area contributed by atoms with Crippen LogP contribution in [-0.2, 0) is 0 Å². The van der Waals surface area contributed by atoms with Gasteiger partial charge in [0.15, 0.2) is 0 Å². The lowest BCUT2D eigenvalue weighted by Crippen LogP contribution is -1.97. The van der Waals surface area contributed by atoms with Crippen molar-refractivity contribution in [2.45, 2.75) is 130 Å². The Balaban J connectivity index is 1.97. The van der Waals surface area contributed by atoms with E-state index in [1.54, 1.807) is 0 Å². The molecule has 1 N–H and O–H groups in total. The van der Waals surface area contributed by atoms with Crippen LogP contribution in [0.4, 0.5) is 0 Å². The molecule has 0 fully saturated rings. The summed E-state index contributed by atoms with van der Waals surface area (Å²) >= 11 is 0. The van der Waals surface area contributed by atoms with Crippen molar-refractivity contribution >= 4 is 0 Å². The third-order valence-corrected chi connectivity index (χ3v) is 6.00. The summed E-state index contributed by atoms with van der Waals surface area (Å²) in [6, 6.07) is 4.23. The van der Waals surface area contributed by atoms with Gasteiger partial charge in [-0.25, -0.2) is 0 Å². The number of hydrogen-bond acceptors (Lipinski definition) is 1. The molecule has 1 aromatic carbocycles. The van der Waals surface area contributed by atoms with Crippen LogP contribution >= 0.6 is 0 Å². The lowest BCUT2D eigenvalue weighted by atomic mass is 9.91. The van der Waals surface area contributed by atoms with E-state index in [9.17, 15) is 5.11 Å². The van der Waals surface area contributed by atoms with Crippen molar-refractivity contribution < 1.29 is 5.11 Å². The molecule has 0 heterocycles. The van der Waals surface area contributed by atoms with Crippen LogP contribution in [0.5, 0.6) is 5.75 Å². The second-order valence-corrected chi connectivity index (χ2v) is 8.81. The maximum absolute atomic E-state index is 10.3. The van der Waals surface area contributed by atoms with E-state index in [1.807, 2.05) is 6.92 Å². The van der Waals surface area contributed by atoms with E-state index >= 15 is 0 Å². The van der Waals surface area contributed by atoms with Gasteiger partial charge in [-0.3, -0.25) is 0 Å². The molecule has 1 rings (SSSR count).